The lowest BCUT2D eigenvalue weighted by atomic mass is 9.97. The SMILES string of the molecule is COCC1CCN(CC(=O)C2CC2)CC1. The van der Waals surface area contributed by atoms with Crippen molar-refractivity contribution in [2.24, 2.45) is 11.8 Å². The summed E-state index contributed by atoms with van der Waals surface area (Å²) in [5, 5.41) is 0. The standard InChI is InChI=1S/C12H21NO2/c1-15-9-10-4-6-13(7-5-10)8-12(14)11-2-3-11/h10-11H,2-9H2,1H3. The van der Waals surface area contributed by atoms with Crippen LogP contribution in [-0.2, 0) is 9.53 Å². The van der Waals surface area contributed by atoms with Gasteiger partial charge in [0.1, 0.15) is 5.78 Å². The fraction of sp³-hybridized carbons (Fsp3) is 0.917. The minimum absolute atomic E-state index is 0.418. The summed E-state index contributed by atoms with van der Waals surface area (Å²) in [5.74, 6) is 1.60. The lowest BCUT2D eigenvalue weighted by Crippen LogP contribution is -2.38. The molecule has 0 amide bonds. The van der Waals surface area contributed by atoms with Crippen molar-refractivity contribution in [3.8, 4) is 0 Å². The van der Waals surface area contributed by atoms with E-state index in [-0.39, 0.29) is 0 Å². The zero-order valence-electron chi connectivity index (χ0n) is 9.58. The molecule has 2 fully saturated rings. The molecule has 2 rings (SSSR count). The summed E-state index contributed by atoms with van der Waals surface area (Å²) in [6, 6.07) is 0. The van der Waals surface area contributed by atoms with E-state index in [2.05, 4.69) is 4.90 Å². The summed E-state index contributed by atoms with van der Waals surface area (Å²) in [6.07, 6.45) is 4.65. The van der Waals surface area contributed by atoms with Gasteiger partial charge in [0, 0.05) is 19.6 Å². The average molecular weight is 211 g/mol. The largest absolute Gasteiger partial charge is 0.384 e. The third-order valence-electron chi connectivity index (χ3n) is 3.52. The molecular formula is C12H21NO2. The number of nitrogens with zero attached hydrogens (tertiary/aromatic N) is 1. The molecular weight excluding hydrogens is 190 g/mol. The van der Waals surface area contributed by atoms with Crippen molar-refractivity contribution in [3.63, 3.8) is 0 Å². The van der Waals surface area contributed by atoms with E-state index in [1.165, 1.54) is 12.8 Å². The third-order valence-corrected chi connectivity index (χ3v) is 3.52. The summed E-state index contributed by atoms with van der Waals surface area (Å²) in [4.78, 5) is 13.9. The van der Waals surface area contributed by atoms with Crippen molar-refractivity contribution in [2.45, 2.75) is 25.7 Å². The topological polar surface area (TPSA) is 29.5 Å². The summed E-state index contributed by atoms with van der Waals surface area (Å²) >= 11 is 0. The van der Waals surface area contributed by atoms with Gasteiger partial charge in [0.15, 0.2) is 0 Å². The van der Waals surface area contributed by atoms with E-state index in [0.29, 0.717) is 24.2 Å². The minimum atomic E-state index is 0.418. The lowest BCUT2D eigenvalue weighted by Gasteiger charge is -2.31. The summed E-state index contributed by atoms with van der Waals surface area (Å²) in [5.41, 5.74) is 0. The normalized spacial score (nSPS) is 24.3. The molecule has 0 aromatic carbocycles. The van der Waals surface area contributed by atoms with Gasteiger partial charge in [-0.3, -0.25) is 9.69 Å². The lowest BCUT2D eigenvalue weighted by molar-refractivity contribution is -0.121. The van der Waals surface area contributed by atoms with Crippen LogP contribution in [0.2, 0.25) is 0 Å². The number of carbonyl (C=O) groups excluding carboxylic acids is 1. The van der Waals surface area contributed by atoms with Gasteiger partial charge in [-0.15, -0.1) is 0 Å². The fourth-order valence-electron chi connectivity index (χ4n) is 2.30. The molecule has 3 nitrogen and oxygen atoms in total. The van der Waals surface area contributed by atoms with E-state index >= 15 is 0 Å². The second-order valence-electron chi connectivity index (χ2n) is 4.92. The molecule has 0 unspecified atom stereocenters. The number of ether oxygens (including phenoxy) is 1. The molecule has 0 aromatic heterocycles. The van der Waals surface area contributed by atoms with Gasteiger partial charge in [0.05, 0.1) is 6.54 Å². The first-order valence-electron chi connectivity index (χ1n) is 6.03. The van der Waals surface area contributed by atoms with Gasteiger partial charge in [0.2, 0.25) is 0 Å². The zero-order valence-corrected chi connectivity index (χ0v) is 9.58. The molecule has 0 aromatic rings. The quantitative estimate of drug-likeness (QED) is 0.687. The summed E-state index contributed by atoms with van der Waals surface area (Å²) in [7, 11) is 1.77. The Kier molecular flexibility index (Phi) is 3.76. The van der Waals surface area contributed by atoms with Crippen molar-refractivity contribution < 1.29 is 9.53 Å². The van der Waals surface area contributed by atoms with Gasteiger partial charge < -0.3 is 4.74 Å². The number of hydrogen-bond donors (Lipinski definition) is 0. The zero-order chi connectivity index (χ0) is 10.7. The van der Waals surface area contributed by atoms with E-state index in [9.17, 15) is 4.79 Å². The van der Waals surface area contributed by atoms with Gasteiger partial charge >= 0.3 is 0 Å². The van der Waals surface area contributed by atoms with Gasteiger partial charge in [0.25, 0.3) is 0 Å². The minimum Gasteiger partial charge on any atom is -0.384 e. The highest BCUT2D eigenvalue weighted by atomic mass is 16.5. The van der Waals surface area contributed by atoms with Crippen molar-refractivity contribution in [1.29, 1.82) is 0 Å². The maximum atomic E-state index is 11.6. The Bertz CT molecular complexity index is 218. The first-order valence-corrected chi connectivity index (χ1v) is 6.03. The van der Waals surface area contributed by atoms with Crippen LogP contribution < -0.4 is 0 Å². The number of methoxy groups -OCH3 is 1. The molecule has 1 heterocycles. The van der Waals surface area contributed by atoms with Crippen molar-refractivity contribution >= 4 is 5.78 Å². The van der Waals surface area contributed by atoms with Crippen LogP contribution in [0, 0.1) is 11.8 Å². The average Bonchev–Trinajstić information content (AvgIpc) is 3.04. The van der Waals surface area contributed by atoms with Crippen LogP contribution in [0.1, 0.15) is 25.7 Å². The molecule has 0 spiro atoms. The third kappa shape index (κ3) is 3.28. The Hall–Kier alpha value is -0.410. The van der Waals surface area contributed by atoms with E-state index in [1.807, 2.05) is 0 Å². The highest BCUT2D eigenvalue weighted by Gasteiger charge is 2.31. The van der Waals surface area contributed by atoms with Crippen LogP contribution >= 0.6 is 0 Å². The first-order chi connectivity index (χ1) is 7.29. The molecule has 0 bridgehead atoms. The molecule has 15 heavy (non-hydrogen) atoms. The molecule has 3 heteroatoms. The number of Topliss-reactive ketones (excluding diaryl/α,β-unsaturated/α-hetero) is 1. The van der Waals surface area contributed by atoms with Crippen LogP contribution in [0.5, 0.6) is 0 Å². The summed E-state index contributed by atoms with van der Waals surface area (Å²) in [6.45, 7) is 3.73. The Balaban J connectivity index is 1.66. The van der Waals surface area contributed by atoms with E-state index in [1.54, 1.807) is 7.11 Å². The Morgan fingerprint density at radius 1 is 1.27 bits per heavy atom. The van der Waals surface area contributed by atoms with E-state index in [4.69, 9.17) is 4.74 Å². The van der Waals surface area contributed by atoms with Crippen LogP contribution in [0.3, 0.4) is 0 Å². The highest BCUT2D eigenvalue weighted by molar-refractivity contribution is 5.84. The van der Waals surface area contributed by atoms with Crippen LogP contribution in [0.15, 0.2) is 0 Å². The maximum Gasteiger partial charge on any atom is 0.149 e. The smallest absolute Gasteiger partial charge is 0.149 e. The van der Waals surface area contributed by atoms with Gasteiger partial charge in [-0.2, -0.15) is 0 Å². The number of piperidine rings is 1. The highest BCUT2D eigenvalue weighted by Crippen LogP contribution is 2.30. The molecule has 1 aliphatic carbocycles. The Morgan fingerprint density at radius 3 is 2.47 bits per heavy atom. The van der Waals surface area contributed by atoms with Gasteiger partial charge in [-0.05, 0) is 44.7 Å². The van der Waals surface area contributed by atoms with Gasteiger partial charge in [-0.25, -0.2) is 0 Å². The predicted molar refractivity (Wildman–Crippen MR) is 58.8 cm³/mol. The van der Waals surface area contributed by atoms with E-state index in [0.717, 1.165) is 32.5 Å². The van der Waals surface area contributed by atoms with Crippen molar-refractivity contribution in [1.82, 2.24) is 4.90 Å². The number of likely N-dealkylation sites (tertiary alicyclic amines) is 1. The fourth-order valence-corrected chi connectivity index (χ4v) is 2.30. The molecule has 2 aliphatic rings. The van der Waals surface area contributed by atoms with Crippen molar-refractivity contribution in [2.75, 3.05) is 33.4 Å². The number of hydrogen-bond acceptors (Lipinski definition) is 3. The number of carbonyl (C=O) groups is 1. The molecule has 0 radical (unpaired) electrons. The second kappa shape index (κ2) is 5.08. The van der Waals surface area contributed by atoms with Crippen LogP contribution in [-0.4, -0.2) is 44.0 Å². The molecule has 1 saturated heterocycles. The molecule has 0 N–H and O–H groups in total. The Morgan fingerprint density at radius 2 is 1.93 bits per heavy atom. The number of ketones is 1. The van der Waals surface area contributed by atoms with Crippen LogP contribution in [0.25, 0.3) is 0 Å². The number of rotatable bonds is 5. The molecule has 86 valence electrons. The van der Waals surface area contributed by atoms with Crippen LogP contribution in [0.4, 0.5) is 0 Å². The van der Waals surface area contributed by atoms with E-state index < -0.39 is 0 Å². The maximum absolute atomic E-state index is 11.6. The predicted octanol–water partition coefficient (Wildman–Crippen LogP) is 1.32. The van der Waals surface area contributed by atoms with Crippen molar-refractivity contribution in [3.05, 3.63) is 0 Å². The Labute approximate surface area is 91.8 Å². The molecule has 1 aliphatic heterocycles. The molecule has 1 saturated carbocycles. The molecule has 0 atom stereocenters. The second-order valence-corrected chi connectivity index (χ2v) is 4.92. The van der Waals surface area contributed by atoms with Gasteiger partial charge in [-0.1, -0.05) is 0 Å². The monoisotopic (exact) mass is 211 g/mol. The summed E-state index contributed by atoms with van der Waals surface area (Å²) < 4.78 is 5.16. The first kappa shape index (κ1) is 11.1.